The van der Waals surface area contributed by atoms with Crippen molar-refractivity contribution in [1.82, 2.24) is 9.55 Å². The third-order valence-electron chi connectivity index (χ3n) is 5.61. The maximum Gasteiger partial charge on any atom is 0.349 e. The zero-order chi connectivity index (χ0) is 21.7. The van der Waals surface area contributed by atoms with E-state index in [2.05, 4.69) is 0 Å². The lowest BCUT2D eigenvalue weighted by Gasteiger charge is -2.11. The Kier molecular flexibility index (Phi) is 4.86. The Bertz CT molecular complexity index is 1350. The normalized spacial score (nSPS) is 11.4. The average Bonchev–Trinajstić information content (AvgIpc) is 3.24. The number of hydrogen-bond acceptors (Lipinski definition) is 5. The highest BCUT2D eigenvalue weighted by Crippen LogP contribution is 2.41. The molecule has 0 saturated heterocycles. The highest BCUT2D eigenvalue weighted by Gasteiger charge is 2.27. The first-order valence-electron chi connectivity index (χ1n) is 9.66. The number of aryl methyl sites for hydroxylation is 3. The summed E-state index contributed by atoms with van der Waals surface area (Å²) in [6.07, 6.45) is 0. The van der Waals surface area contributed by atoms with Gasteiger partial charge in [0, 0.05) is 17.1 Å². The second-order valence-electron chi connectivity index (χ2n) is 7.27. The predicted octanol–water partition coefficient (Wildman–Crippen LogP) is 5.26. The first-order chi connectivity index (χ1) is 14.3. The Hall–Kier alpha value is -3.19. The van der Waals surface area contributed by atoms with E-state index in [9.17, 15) is 14.7 Å². The first-order valence-corrected chi connectivity index (χ1v) is 10.5. The average molecular weight is 423 g/mol. The van der Waals surface area contributed by atoms with Crippen molar-refractivity contribution in [2.24, 2.45) is 7.05 Å². The van der Waals surface area contributed by atoms with Gasteiger partial charge in [0.2, 0.25) is 0 Å². The number of nitrogens with zero attached hydrogens (tertiary/aromatic N) is 2. The molecule has 2 heterocycles. The summed E-state index contributed by atoms with van der Waals surface area (Å²) in [5, 5.41) is 10.6. The van der Waals surface area contributed by atoms with E-state index < -0.39 is 5.97 Å². The van der Waals surface area contributed by atoms with Crippen LogP contribution in [0.15, 0.2) is 24.3 Å². The lowest BCUT2D eigenvalue weighted by atomic mass is 9.96. The van der Waals surface area contributed by atoms with Gasteiger partial charge in [0.1, 0.15) is 10.7 Å². The molecule has 0 spiro atoms. The quantitative estimate of drug-likeness (QED) is 0.454. The van der Waals surface area contributed by atoms with Gasteiger partial charge in [-0.1, -0.05) is 18.2 Å². The molecule has 4 rings (SSSR count). The summed E-state index contributed by atoms with van der Waals surface area (Å²) in [6.45, 7) is 7.58. The van der Waals surface area contributed by atoms with Crippen LogP contribution in [0.5, 0.6) is 0 Å². The van der Waals surface area contributed by atoms with Gasteiger partial charge in [-0.25, -0.2) is 14.6 Å². The predicted molar refractivity (Wildman–Crippen MR) is 119 cm³/mol. The summed E-state index contributed by atoms with van der Waals surface area (Å²) in [6, 6.07) is 7.80. The number of carboxylic acid groups (broad SMARTS) is 1. The van der Waals surface area contributed by atoms with Crippen LogP contribution < -0.4 is 0 Å². The molecule has 0 unspecified atom stereocenters. The maximum atomic E-state index is 12.7. The molecule has 0 saturated carbocycles. The SMILES string of the molecule is CCOC(=O)c1sc2ccccc2c1-c1nc2c(C)c(C(=O)O)c(C)c(C)c2n1C. The van der Waals surface area contributed by atoms with Gasteiger partial charge in [-0.2, -0.15) is 0 Å². The topological polar surface area (TPSA) is 81.4 Å². The largest absolute Gasteiger partial charge is 0.478 e. The molecule has 0 amide bonds. The molecule has 0 fully saturated rings. The molecule has 0 aliphatic carbocycles. The van der Waals surface area contributed by atoms with Crippen molar-refractivity contribution >= 4 is 44.4 Å². The van der Waals surface area contributed by atoms with E-state index in [0.717, 1.165) is 32.3 Å². The molecule has 0 aliphatic heterocycles. The van der Waals surface area contributed by atoms with Crippen molar-refractivity contribution in [3.63, 3.8) is 0 Å². The van der Waals surface area contributed by atoms with Gasteiger partial charge in [-0.15, -0.1) is 11.3 Å². The van der Waals surface area contributed by atoms with E-state index in [-0.39, 0.29) is 18.1 Å². The number of ether oxygens (including phenoxy) is 1. The van der Waals surface area contributed by atoms with Crippen LogP contribution in [0, 0.1) is 20.8 Å². The third-order valence-corrected chi connectivity index (χ3v) is 6.76. The molecule has 1 N–H and O–H groups in total. The Balaban J connectivity index is 2.12. The molecule has 0 radical (unpaired) electrons. The molecule has 2 aromatic carbocycles. The molecule has 30 heavy (non-hydrogen) atoms. The molecule has 7 heteroatoms. The number of rotatable bonds is 4. The Labute approximate surface area is 177 Å². The minimum absolute atomic E-state index is 0.283. The molecule has 0 bridgehead atoms. The van der Waals surface area contributed by atoms with Gasteiger partial charge in [-0.3, -0.25) is 0 Å². The minimum Gasteiger partial charge on any atom is -0.478 e. The Morgan fingerprint density at radius 2 is 1.83 bits per heavy atom. The molecule has 154 valence electrons. The fraction of sp³-hybridized carbons (Fsp3) is 0.261. The number of aromatic carboxylic acids is 1. The second kappa shape index (κ2) is 7.25. The standard InChI is InChI=1S/C23H22N2O4S/c1-6-29-23(28)20-17(14-9-7-8-10-15(14)30-20)21-24-18-13(4)16(22(26)27)11(2)12(3)19(18)25(21)5/h7-10H,6H2,1-5H3,(H,26,27). The number of aromatic nitrogens is 2. The number of imidazole rings is 1. The van der Waals surface area contributed by atoms with Crippen molar-refractivity contribution in [2.45, 2.75) is 27.7 Å². The molecule has 0 atom stereocenters. The Morgan fingerprint density at radius 1 is 1.13 bits per heavy atom. The summed E-state index contributed by atoms with van der Waals surface area (Å²) in [4.78, 5) is 29.9. The van der Waals surface area contributed by atoms with Gasteiger partial charge >= 0.3 is 11.9 Å². The van der Waals surface area contributed by atoms with E-state index in [1.54, 1.807) is 13.8 Å². The zero-order valence-corrected chi connectivity index (χ0v) is 18.3. The van der Waals surface area contributed by atoms with E-state index in [4.69, 9.17) is 9.72 Å². The number of carbonyl (C=O) groups excluding carboxylic acids is 1. The molecular weight excluding hydrogens is 400 g/mol. The van der Waals surface area contributed by atoms with E-state index in [1.807, 2.05) is 49.7 Å². The lowest BCUT2D eigenvalue weighted by Crippen LogP contribution is -2.06. The van der Waals surface area contributed by atoms with Gasteiger partial charge in [0.15, 0.2) is 0 Å². The van der Waals surface area contributed by atoms with Crippen LogP contribution in [0.3, 0.4) is 0 Å². The first kappa shape index (κ1) is 20.1. The summed E-state index contributed by atoms with van der Waals surface area (Å²) in [5.41, 5.74) is 4.73. The van der Waals surface area contributed by atoms with Crippen molar-refractivity contribution < 1.29 is 19.4 Å². The van der Waals surface area contributed by atoms with Gasteiger partial charge in [0.25, 0.3) is 0 Å². The number of carbonyl (C=O) groups is 2. The van der Waals surface area contributed by atoms with E-state index in [0.29, 0.717) is 21.8 Å². The van der Waals surface area contributed by atoms with Crippen molar-refractivity contribution in [2.75, 3.05) is 6.61 Å². The molecule has 4 aromatic rings. The van der Waals surface area contributed by atoms with Crippen LogP contribution in [0.25, 0.3) is 32.5 Å². The van der Waals surface area contributed by atoms with Crippen molar-refractivity contribution in [1.29, 1.82) is 0 Å². The maximum absolute atomic E-state index is 12.7. The van der Waals surface area contributed by atoms with E-state index >= 15 is 0 Å². The number of esters is 1. The number of fused-ring (bicyclic) bond motifs is 2. The van der Waals surface area contributed by atoms with Crippen LogP contribution in [-0.2, 0) is 11.8 Å². The molecular formula is C23H22N2O4S. The summed E-state index contributed by atoms with van der Waals surface area (Å²) < 4.78 is 8.23. The fourth-order valence-corrected chi connectivity index (χ4v) is 5.20. The van der Waals surface area contributed by atoms with Crippen LogP contribution in [0.1, 0.15) is 43.6 Å². The summed E-state index contributed by atoms with van der Waals surface area (Å²) in [5.74, 6) is -0.717. The summed E-state index contributed by atoms with van der Waals surface area (Å²) in [7, 11) is 1.90. The van der Waals surface area contributed by atoms with Gasteiger partial charge in [0.05, 0.1) is 28.8 Å². The monoisotopic (exact) mass is 422 g/mol. The zero-order valence-electron chi connectivity index (χ0n) is 17.5. The van der Waals surface area contributed by atoms with Crippen LogP contribution in [-0.4, -0.2) is 33.2 Å². The third kappa shape index (κ3) is 2.81. The smallest absolute Gasteiger partial charge is 0.349 e. The van der Waals surface area contributed by atoms with Crippen LogP contribution >= 0.6 is 11.3 Å². The van der Waals surface area contributed by atoms with Crippen molar-refractivity contribution in [3.8, 4) is 11.4 Å². The van der Waals surface area contributed by atoms with Crippen molar-refractivity contribution in [3.05, 3.63) is 51.4 Å². The van der Waals surface area contributed by atoms with Crippen LogP contribution in [0.2, 0.25) is 0 Å². The summed E-state index contributed by atoms with van der Waals surface area (Å²) >= 11 is 1.38. The second-order valence-corrected chi connectivity index (χ2v) is 8.32. The Morgan fingerprint density at radius 3 is 2.50 bits per heavy atom. The molecule has 2 aromatic heterocycles. The molecule has 6 nitrogen and oxygen atoms in total. The van der Waals surface area contributed by atoms with Gasteiger partial charge in [-0.05, 0) is 50.5 Å². The minimum atomic E-state index is -0.963. The lowest BCUT2D eigenvalue weighted by molar-refractivity contribution is 0.0532. The molecule has 0 aliphatic rings. The number of hydrogen-bond donors (Lipinski definition) is 1. The van der Waals surface area contributed by atoms with Crippen LogP contribution in [0.4, 0.5) is 0 Å². The highest BCUT2D eigenvalue weighted by atomic mass is 32.1. The van der Waals surface area contributed by atoms with Gasteiger partial charge < -0.3 is 14.4 Å². The van der Waals surface area contributed by atoms with E-state index in [1.165, 1.54) is 11.3 Å². The number of carboxylic acids is 1. The number of benzene rings is 2. The fourth-order valence-electron chi connectivity index (χ4n) is 4.11. The highest BCUT2D eigenvalue weighted by molar-refractivity contribution is 7.21. The number of thiophene rings is 1.